The van der Waals surface area contributed by atoms with Gasteiger partial charge in [-0.15, -0.1) is 0 Å². The Bertz CT molecular complexity index is 4090. The Hall–Kier alpha value is -9.22. The third-order valence-corrected chi connectivity index (χ3v) is 20.1. The molecule has 2 heterocycles. The largest absolute Gasteiger partial charge is 0.387 e. The normalized spacial score (nSPS) is 24.6. The molecule has 0 spiro atoms. The lowest BCUT2D eigenvalue weighted by Crippen LogP contribution is -2.70. The van der Waals surface area contributed by atoms with Gasteiger partial charge >= 0.3 is 0 Å². The van der Waals surface area contributed by atoms with E-state index in [9.17, 15) is 5.11 Å². The highest BCUT2D eigenvalue weighted by atomic mass is 16.8. The molecule has 1 saturated carbocycles. The van der Waals surface area contributed by atoms with Gasteiger partial charge in [-0.1, -0.05) is 334 Å². The molecule has 14 rings (SSSR count). The van der Waals surface area contributed by atoms with Gasteiger partial charge in [-0.2, -0.15) is 0 Å². The molecule has 7 unspecified atom stereocenters. The first-order chi connectivity index (χ1) is 55.0. The van der Waals surface area contributed by atoms with Crippen LogP contribution in [0.3, 0.4) is 0 Å². The minimum absolute atomic E-state index is 0.0269. The standard InChI is InChI=1S/C95H98O16/c96-82-85(110-94-92(106-65-78-52-30-10-31-53-78)87(101-60-73-42-20-5-21-43-73)83(99-58-71-38-16-3-17-39-71)80(108-94)67-97-56-69-34-12-1-13-35-69)89(103-62-75-46-24-7-25-47-75)91(105-64-77-50-28-9-29-51-77)90(104-63-76-48-26-8-27-49-76)86(82)111-95-93(107-66-79-54-32-11-33-55-79)88(102-61-74-44-22-6-23-45-74)84(100-59-72-40-18-4-19-41-72)81(109-95)68-98-57-70-36-14-2-15-37-70/h1-55,80-96H,56-68H2/t80?,81?,82-,83-,84-,85?,86?,87+,88?,89?,90-,91-,92?,93-,94+,95-/m1/s1. The number of aliphatic hydroxyl groups is 1. The second kappa shape index (κ2) is 41.9. The minimum Gasteiger partial charge on any atom is -0.387 e. The Labute approximate surface area is 651 Å². The van der Waals surface area contributed by atoms with Crippen LogP contribution in [0.15, 0.2) is 334 Å². The molecule has 0 radical (unpaired) electrons. The van der Waals surface area contributed by atoms with Crippen molar-refractivity contribution in [1.82, 2.24) is 0 Å². The summed E-state index contributed by atoms with van der Waals surface area (Å²) in [4.78, 5) is 0. The highest BCUT2D eigenvalue weighted by molar-refractivity contribution is 5.23. The highest BCUT2D eigenvalue weighted by Gasteiger charge is 2.60. The molecule has 0 aromatic heterocycles. The number of aliphatic hydroxyl groups excluding tert-OH is 1. The summed E-state index contributed by atoms with van der Waals surface area (Å²) in [6, 6.07) is 110. The molecule has 3 fully saturated rings. The maximum atomic E-state index is 14.5. The predicted molar refractivity (Wildman–Crippen MR) is 420 cm³/mol. The van der Waals surface area contributed by atoms with E-state index in [4.69, 9.17) is 71.1 Å². The van der Waals surface area contributed by atoms with Gasteiger partial charge in [0.15, 0.2) is 12.6 Å². The van der Waals surface area contributed by atoms with Crippen LogP contribution in [0.1, 0.15) is 61.2 Å². The fraction of sp³-hybridized carbons (Fsp3) is 0.305. The van der Waals surface area contributed by atoms with Gasteiger partial charge in [0.2, 0.25) is 0 Å². The SMILES string of the molecule is O[C@@H]1C(O[C@@H]2OC(COCc3ccccc3)[C@@H](OCc3ccccc3)[C@H](OCc3ccccc3)C2OCc2ccccc2)C(OCc2ccccc2)[C@@H](OCc2ccccc2)[C@H](OCc2ccccc2)C1O[C@H]1OC(COCc2ccccc2)[C@@H](OCc2ccccc2)C(OCc2ccccc2)[C@H]1OCc1ccccc1. The molecule has 16 heteroatoms. The van der Waals surface area contributed by atoms with E-state index in [1.165, 1.54) is 0 Å². The van der Waals surface area contributed by atoms with Gasteiger partial charge in [0.05, 0.1) is 85.9 Å². The summed E-state index contributed by atoms with van der Waals surface area (Å²) in [5.41, 5.74) is 10.00. The number of rotatable bonds is 39. The van der Waals surface area contributed by atoms with Gasteiger partial charge in [0.1, 0.15) is 85.5 Å². The molecule has 3 aliphatic rings. The molecular weight excluding hydrogens is 1400 g/mol. The quantitative estimate of drug-likeness (QED) is 0.0387. The van der Waals surface area contributed by atoms with Crippen LogP contribution in [-0.2, 0) is 144 Å². The summed E-state index contributed by atoms with van der Waals surface area (Å²) in [6.45, 7) is 1.71. The van der Waals surface area contributed by atoms with E-state index >= 15 is 0 Å². The first-order valence-electron chi connectivity index (χ1n) is 38.4. The van der Waals surface area contributed by atoms with E-state index in [1.54, 1.807) is 0 Å². The molecule has 0 amide bonds. The zero-order valence-corrected chi connectivity index (χ0v) is 62.3. The molecule has 574 valence electrons. The van der Waals surface area contributed by atoms with Crippen LogP contribution >= 0.6 is 0 Å². The van der Waals surface area contributed by atoms with Crippen molar-refractivity contribution in [3.63, 3.8) is 0 Å². The van der Waals surface area contributed by atoms with E-state index in [-0.39, 0.29) is 85.9 Å². The average Bonchev–Trinajstić information content (AvgIpc) is 0.750. The zero-order valence-electron chi connectivity index (χ0n) is 62.3. The van der Waals surface area contributed by atoms with Crippen molar-refractivity contribution in [3.05, 3.63) is 395 Å². The van der Waals surface area contributed by atoms with Crippen molar-refractivity contribution in [1.29, 1.82) is 0 Å². The van der Waals surface area contributed by atoms with Gasteiger partial charge < -0.3 is 76.2 Å². The molecule has 1 N–H and O–H groups in total. The minimum atomic E-state index is -1.67. The number of ether oxygens (including phenoxy) is 15. The molecule has 2 saturated heterocycles. The highest BCUT2D eigenvalue weighted by Crippen LogP contribution is 2.41. The van der Waals surface area contributed by atoms with E-state index in [0.717, 1.165) is 61.2 Å². The monoisotopic (exact) mass is 1490 g/mol. The summed E-state index contributed by atoms with van der Waals surface area (Å²) in [6.07, 6.45) is -18.1. The first kappa shape index (κ1) is 78.5. The molecule has 2 aliphatic heterocycles. The third-order valence-electron chi connectivity index (χ3n) is 20.1. The van der Waals surface area contributed by atoms with E-state index < -0.39 is 98.0 Å². The summed E-state index contributed by atoms with van der Waals surface area (Å²) in [7, 11) is 0. The number of benzene rings is 11. The predicted octanol–water partition coefficient (Wildman–Crippen LogP) is 16.3. The van der Waals surface area contributed by atoms with Gasteiger partial charge in [0.25, 0.3) is 0 Å². The second-order valence-electron chi connectivity index (χ2n) is 28.1. The molecule has 16 atom stereocenters. The molecule has 11 aromatic carbocycles. The van der Waals surface area contributed by atoms with Crippen molar-refractivity contribution in [2.75, 3.05) is 13.2 Å². The summed E-state index contributed by atoms with van der Waals surface area (Å²) < 4.78 is 110. The van der Waals surface area contributed by atoms with Gasteiger partial charge in [-0.3, -0.25) is 0 Å². The van der Waals surface area contributed by atoms with Gasteiger partial charge in [0, 0.05) is 0 Å². The van der Waals surface area contributed by atoms with Crippen molar-refractivity contribution in [3.8, 4) is 0 Å². The van der Waals surface area contributed by atoms with E-state index in [2.05, 4.69) is 0 Å². The Morgan fingerprint density at radius 1 is 0.189 bits per heavy atom. The Balaban J connectivity index is 0.913. The molecule has 11 aromatic rings. The molecule has 16 nitrogen and oxygen atoms in total. The second-order valence-corrected chi connectivity index (χ2v) is 28.1. The summed E-state index contributed by atoms with van der Waals surface area (Å²) in [5.74, 6) is 0. The van der Waals surface area contributed by atoms with Crippen LogP contribution < -0.4 is 0 Å². The van der Waals surface area contributed by atoms with Crippen molar-refractivity contribution < 1.29 is 76.2 Å². The van der Waals surface area contributed by atoms with Crippen LogP contribution in [0.5, 0.6) is 0 Å². The lowest BCUT2D eigenvalue weighted by molar-refractivity contribution is -0.381. The molecule has 1 aliphatic carbocycles. The maximum absolute atomic E-state index is 14.5. The fourth-order valence-corrected chi connectivity index (χ4v) is 14.3. The van der Waals surface area contributed by atoms with Crippen LogP contribution in [0.4, 0.5) is 0 Å². The van der Waals surface area contributed by atoms with Gasteiger partial charge in [-0.25, -0.2) is 0 Å². The Morgan fingerprint density at radius 2 is 0.351 bits per heavy atom. The Kier molecular flexibility index (Phi) is 29.6. The molecule has 111 heavy (non-hydrogen) atoms. The van der Waals surface area contributed by atoms with Crippen molar-refractivity contribution >= 4 is 0 Å². The topological polar surface area (TPSA) is 159 Å². The van der Waals surface area contributed by atoms with E-state index in [1.807, 2.05) is 334 Å². The summed E-state index contributed by atoms with van der Waals surface area (Å²) >= 11 is 0. The molecule has 0 bridgehead atoms. The maximum Gasteiger partial charge on any atom is 0.187 e. The summed E-state index contributed by atoms with van der Waals surface area (Å²) in [5, 5.41) is 14.5. The number of hydrogen-bond donors (Lipinski definition) is 1. The third kappa shape index (κ3) is 22.8. The first-order valence-corrected chi connectivity index (χ1v) is 38.4. The lowest BCUT2D eigenvalue weighted by Gasteiger charge is -2.53. The molecular formula is C95H98O16. The van der Waals surface area contributed by atoms with Crippen molar-refractivity contribution in [2.45, 2.75) is 171 Å². The Morgan fingerprint density at radius 3 is 0.559 bits per heavy atom. The fourth-order valence-electron chi connectivity index (χ4n) is 14.3. The smallest absolute Gasteiger partial charge is 0.187 e. The van der Waals surface area contributed by atoms with Crippen molar-refractivity contribution in [2.24, 2.45) is 0 Å². The van der Waals surface area contributed by atoms with E-state index in [0.29, 0.717) is 0 Å². The van der Waals surface area contributed by atoms with Gasteiger partial charge in [-0.05, 0) is 61.2 Å². The van der Waals surface area contributed by atoms with Crippen LogP contribution in [-0.4, -0.2) is 116 Å². The number of hydrogen-bond acceptors (Lipinski definition) is 16. The van der Waals surface area contributed by atoms with Crippen LogP contribution in [0, 0.1) is 0 Å². The average molecular weight is 1500 g/mol. The zero-order chi connectivity index (χ0) is 75.3. The van der Waals surface area contributed by atoms with Crippen LogP contribution in [0.2, 0.25) is 0 Å². The van der Waals surface area contributed by atoms with Crippen LogP contribution in [0.25, 0.3) is 0 Å². The lowest BCUT2D eigenvalue weighted by atomic mass is 9.83.